The molecule has 0 fully saturated rings. The number of sulfone groups is 1. The minimum Gasteiger partial charge on any atom is -0.496 e. The molecular weight excluding hydrogens is 492 g/mol. The van der Waals surface area contributed by atoms with Gasteiger partial charge in [0.2, 0.25) is 0 Å². The maximum Gasteiger partial charge on any atom is 0.322 e. The maximum atomic E-state index is 12.7. The van der Waals surface area contributed by atoms with Crippen molar-refractivity contribution in [2.75, 3.05) is 34.2 Å². The lowest BCUT2D eigenvalue weighted by molar-refractivity contribution is -0.134. The van der Waals surface area contributed by atoms with Crippen LogP contribution >= 0.6 is 0 Å². The van der Waals surface area contributed by atoms with Gasteiger partial charge in [0.15, 0.2) is 27.1 Å². The molecule has 0 saturated heterocycles. The van der Waals surface area contributed by atoms with E-state index in [2.05, 4.69) is 0 Å². The quantitative estimate of drug-likeness (QED) is 0.413. The molecule has 0 saturated carbocycles. The van der Waals surface area contributed by atoms with Crippen molar-refractivity contribution >= 4 is 32.0 Å². The minimum absolute atomic E-state index is 0.0154. The molecule has 0 aliphatic heterocycles. The maximum absolute atomic E-state index is 12.7. The second kappa shape index (κ2) is 11.1. The van der Waals surface area contributed by atoms with Crippen LogP contribution in [0.15, 0.2) is 35.7 Å². The lowest BCUT2D eigenvalue weighted by atomic mass is 10.1. The van der Waals surface area contributed by atoms with E-state index in [1.165, 1.54) is 46.6 Å². The van der Waals surface area contributed by atoms with Crippen LogP contribution in [0.5, 0.6) is 28.7 Å². The first-order valence-corrected chi connectivity index (χ1v) is 12.7. The summed E-state index contributed by atoms with van der Waals surface area (Å²) >= 11 is 0. The van der Waals surface area contributed by atoms with Gasteiger partial charge in [0.1, 0.15) is 17.2 Å². The van der Waals surface area contributed by atoms with Crippen molar-refractivity contribution in [2.45, 2.75) is 5.75 Å². The van der Waals surface area contributed by atoms with Gasteiger partial charge in [-0.3, -0.25) is 4.79 Å². The van der Waals surface area contributed by atoms with Crippen molar-refractivity contribution in [3.05, 3.63) is 46.9 Å². The average molecular weight is 517 g/mol. The van der Waals surface area contributed by atoms with Gasteiger partial charge < -0.3 is 28.2 Å². The second-order valence-corrected chi connectivity index (χ2v) is 10.2. The molecule has 0 aliphatic rings. The van der Waals surface area contributed by atoms with Crippen molar-refractivity contribution in [1.82, 2.24) is 0 Å². The normalized spacial score (nSPS) is 11.8. The van der Waals surface area contributed by atoms with Gasteiger partial charge in [-0.1, -0.05) is 6.07 Å². The van der Waals surface area contributed by atoms with Crippen LogP contribution in [0.3, 0.4) is 0 Å². The SMILES string of the molecule is COc1cc(OC)c(C=CS(=O)(=O)Cc2ccc(OC)c(OS(=O)(=O)CC(=O)O)c2)c(OC)c1. The van der Waals surface area contributed by atoms with E-state index in [-0.39, 0.29) is 17.1 Å². The summed E-state index contributed by atoms with van der Waals surface area (Å²) in [5, 5.41) is 9.68. The van der Waals surface area contributed by atoms with Crippen LogP contribution in [0.1, 0.15) is 11.1 Å². The Morgan fingerprint density at radius 3 is 1.94 bits per heavy atom. The zero-order valence-electron chi connectivity index (χ0n) is 18.8. The van der Waals surface area contributed by atoms with Gasteiger partial charge in [0, 0.05) is 17.5 Å². The predicted octanol–water partition coefficient (Wildman–Crippen LogP) is 2.10. The highest BCUT2D eigenvalue weighted by Gasteiger charge is 2.21. The third-order valence-corrected chi connectivity index (χ3v) is 6.63. The minimum atomic E-state index is -4.48. The van der Waals surface area contributed by atoms with Gasteiger partial charge in [-0.25, -0.2) is 8.42 Å². The summed E-state index contributed by atoms with van der Waals surface area (Å²) in [6, 6.07) is 7.02. The van der Waals surface area contributed by atoms with Crippen LogP contribution in [0.2, 0.25) is 0 Å². The number of benzene rings is 2. The van der Waals surface area contributed by atoms with Crippen molar-refractivity contribution in [2.24, 2.45) is 0 Å². The summed E-state index contributed by atoms with van der Waals surface area (Å²) in [5.74, 6) is -2.63. The van der Waals surface area contributed by atoms with Crippen molar-refractivity contribution in [1.29, 1.82) is 0 Å². The number of aliphatic carboxylic acids is 1. The zero-order valence-corrected chi connectivity index (χ0v) is 20.4. The van der Waals surface area contributed by atoms with E-state index in [1.807, 2.05) is 0 Å². The molecule has 0 bridgehead atoms. The smallest absolute Gasteiger partial charge is 0.322 e. The number of hydrogen-bond donors (Lipinski definition) is 1. The van der Waals surface area contributed by atoms with Gasteiger partial charge >= 0.3 is 16.1 Å². The van der Waals surface area contributed by atoms with E-state index in [0.29, 0.717) is 22.8 Å². The summed E-state index contributed by atoms with van der Waals surface area (Å²) in [4.78, 5) is 10.7. The molecule has 0 atom stereocenters. The zero-order chi connectivity index (χ0) is 25.5. The molecule has 2 aromatic rings. The van der Waals surface area contributed by atoms with Gasteiger partial charge in [-0.15, -0.1) is 0 Å². The van der Waals surface area contributed by atoms with E-state index in [4.69, 9.17) is 28.2 Å². The molecular formula is C21H24O11S2. The predicted molar refractivity (Wildman–Crippen MR) is 123 cm³/mol. The Morgan fingerprint density at radius 1 is 0.853 bits per heavy atom. The highest BCUT2D eigenvalue weighted by molar-refractivity contribution is 7.93. The summed E-state index contributed by atoms with van der Waals surface area (Å²) < 4.78 is 74.8. The number of hydrogen-bond acceptors (Lipinski definition) is 10. The Balaban J connectivity index is 2.35. The molecule has 0 heterocycles. The van der Waals surface area contributed by atoms with E-state index >= 15 is 0 Å². The largest absolute Gasteiger partial charge is 0.496 e. The van der Waals surface area contributed by atoms with E-state index < -0.39 is 37.4 Å². The Hall–Kier alpha value is -3.45. The number of carbonyl (C=O) groups is 1. The Kier molecular flexibility index (Phi) is 8.76. The third kappa shape index (κ3) is 7.28. The van der Waals surface area contributed by atoms with Crippen molar-refractivity contribution in [3.63, 3.8) is 0 Å². The second-order valence-electron chi connectivity index (χ2n) is 6.72. The monoisotopic (exact) mass is 516 g/mol. The van der Waals surface area contributed by atoms with Crippen LogP contribution in [-0.2, 0) is 30.5 Å². The summed E-state index contributed by atoms with van der Waals surface area (Å²) in [6.07, 6.45) is 1.31. The average Bonchev–Trinajstić information content (AvgIpc) is 2.75. The fourth-order valence-corrected chi connectivity index (χ4v) is 4.69. The van der Waals surface area contributed by atoms with Crippen LogP contribution in [-0.4, -0.2) is 62.1 Å². The summed E-state index contributed by atoms with van der Waals surface area (Å²) in [6.45, 7) is 0. The van der Waals surface area contributed by atoms with Crippen LogP contribution in [0.25, 0.3) is 6.08 Å². The van der Waals surface area contributed by atoms with E-state index in [0.717, 1.165) is 11.5 Å². The molecule has 2 rings (SSSR count). The molecule has 0 spiro atoms. The molecule has 0 aromatic heterocycles. The van der Waals surface area contributed by atoms with Gasteiger partial charge in [-0.2, -0.15) is 8.42 Å². The number of carboxylic acids is 1. The lowest BCUT2D eigenvalue weighted by Gasteiger charge is -2.13. The molecule has 0 aliphatic carbocycles. The molecule has 186 valence electrons. The molecule has 2 aromatic carbocycles. The Bertz CT molecular complexity index is 1250. The topological polar surface area (TPSA) is 152 Å². The Labute approximate surface area is 197 Å². The molecule has 0 radical (unpaired) electrons. The summed E-state index contributed by atoms with van der Waals surface area (Å²) in [7, 11) is -2.79. The third-order valence-electron chi connectivity index (χ3n) is 4.31. The standard InChI is InChI=1S/C21H24O11S2/c1-28-15-10-18(30-3)16(19(11-15)31-4)7-8-33(24,25)12-14-5-6-17(29-2)20(9-14)32-34(26,27)13-21(22)23/h5-11H,12-13H2,1-4H3,(H,22,23). The van der Waals surface area contributed by atoms with E-state index in [1.54, 1.807) is 12.1 Å². The van der Waals surface area contributed by atoms with Crippen LogP contribution in [0, 0.1) is 0 Å². The van der Waals surface area contributed by atoms with Gasteiger partial charge in [0.25, 0.3) is 0 Å². The molecule has 13 heteroatoms. The fraction of sp³-hybridized carbons (Fsp3) is 0.286. The first kappa shape index (κ1) is 26.8. The number of ether oxygens (including phenoxy) is 4. The highest BCUT2D eigenvalue weighted by Crippen LogP contribution is 2.35. The number of methoxy groups -OCH3 is 4. The van der Waals surface area contributed by atoms with Gasteiger partial charge in [-0.05, 0) is 23.8 Å². The van der Waals surface area contributed by atoms with Gasteiger partial charge in [0.05, 0.1) is 39.8 Å². The first-order valence-electron chi connectivity index (χ1n) is 9.45. The summed E-state index contributed by atoms with van der Waals surface area (Å²) in [5.41, 5.74) is 0.549. The molecule has 1 N–H and O–H groups in total. The molecule has 0 amide bonds. The Morgan fingerprint density at radius 2 is 1.44 bits per heavy atom. The van der Waals surface area contributed by atoms with Crippen LogP contribution in [0.4, 0.5) is 0 Å². The van der Waals surface area contributed by atoms with Crippen LogP contribution < -0.4 is 23.1 Å². The molecule has 0 unspecified atom stereocenters. The van der Waals surface area contributed by atoms with Crippen molar-refractivity contribution < 1.29 is 49.9 Å². The molecule has 11 nitrogen and oxygen atoms in total. The number of carboxylic acid groups (broad SMARTS) is 1. The fourth-order valence-electron chi connectivity index (χ4n) is 2.84. The first-order chi connectivity index (χ1) is 15.9. The molecule has 34 heavy (non-hydrogen) atoms. The van der Waals surface area contributed by atoms with Crippen molar-refractivity contribution in [3.8, 4) is 28.7 Å². The van der Waals surface area contributed by atoms with E-state index in [9.17, 15) is 21.6 Å². The lowest BCUT2D eigenvalue weighted by Crippen LogP contribution is -2.20. The number of rotatable bonds is 12. The highest BCUT2D eigenvalue weighted by atomic mass is 32.2.